The molecule has 0 saturated carbocycles. The molecule has 0 heterocycles. The quantitative estimate of drug-likeness (QED) is 0.260. The van der Waals surface area contributed by atoms with Crippen LogP contribution >= 0.6 is 0 Å². The summed E-state index contributed by atoms with van der Waals surface area (Å²) >= 11 is 0. The van der Waals surface area contributed by atoms with Gasteiger partial charge in [0.2, 0.25) is 0 Å². The van der Waals surface area contributed by atoms with Gasteiger partial charge in [0.05, 0.1) is 10.5 Å². The molecule has 0 aliphatic heterocycles. The van der Waals surface area contributed by atoms with Crippen molar-refractivity contribution in [1.82, 2.24) is 4.90 Å². The van der Waals surface area contributed by atoms with Crippen molar-refractivity contribution in [3.8, 4) is 0 Å². The SMILES string of the molecule is CC(C)(C)N(Cc1ccccc1)C(=O)COC(=O)c1cc([N+](=O)[O-])ccc1NCc1ccccc1. The summed E-state index contributed by atoms with van der Waals surface area (Å²) in [4.78, 5) is 38.3. The first-order valence-electron chi connectivity index (χ1n) is 11.2. The van der Waals surface area contributed by atoms with E-state index in [1.165, 1.54) is 12.1 Å². The van der Waals surface area contributed by atoms with Gasteiger partial charge in [-0.15, -0.1) is 0 Å². The maximum absolute atomic E-state index is 13.0. The van der Waals surface area contributed by atoms with Crippen molar-refractivity contribution < 1.29 is 19.2 Å². The van der Waals surface area contributed by atoms with Gasteiger partial charge in [0, 0.05) is 36.4 Å². The van der Waals surface area contributed by atoms with Crippen LogP contribution in [-0.4, -0.2) is 33.8 Å². The second-order valence-corrected chi connectivity index (χ2v) is 9.04. The van der Waals surface area contributed by atoms with Gasteiger partial charge in [0.25, 0.3) is 11.6 Å². The largest absolute Gasteiger partial charge is 0.452 e. The van der Waals surface area contributed by atoms with Crippen LogP contribution in [-0.2, 0) is 22.6 Å². The lowest BCUT2D eigenvalue weighted by Crippen LogP contribution is -2.46. The van der Waals surface area contributed by atoms with E-state index in [1.54, 1.807) is 4.90 Å². The minimum absolute atomic E-state index is 0.00620. The first kappa shape index (κ1) is 25.4. The number of nitrogens with one attached hydrogen (secondary N) is 1. The predicted octanol–water partition coefficient (Wildman–Crippen LogP) is 5.19. The number of esters is 1. The van der Waals surface area contributed by atoms with Crippen LogP contribution in [0.3, 0.4) is 0 Å². The number of nitrogens with zero attached hydrogens (tertiary/aromatic N) is 2. The molecule has 0 fully saturated rings. The van der Waals surface area contributed by atoms with E-state index in [-0.39, 0.29) is 17.2 Å². The number of ether oxygens (including phenoxy) is 1. The molecule has 0 spiro atoms. The first-order valence-corrected chi connectivity index (χ1v) is 11.2. The third kappa shape index (κ3) is 7.14. The van der Waals surface area contributed by atoms with Crippen LogP contribution in [0.15, 0.2) is 78.9 Å². The monoisotopic (exact) mass is 475 g/mol. The summed E-state index contributed by atoms with van der Waals surface area (Å²) in [5, 5.41) is 14.4. The lowest BCUT2D eigenvalue weighted by molar-refractivity contribution is -0.384. The number of non-ortho nitro benzene ring substituents is 1. The van der Waals surface area contributed by atoms with E-state index in [9.17, 15) is 19.7 Å². The predicted molar refractivity (Wildman–Crippen MR) is 134 cm³/mol. The molecule has 0 atom stereocenters. The van der Waals surface area contributed by atoms with Crippen molar-refractivity contribution in [3.05, 3.63) is 106 Å². The second kappa shape index (κ2) is 11.3. The number of hydrogen-bond donors (Lipinski definition) is 1. The molecule has 182 valence electrons. The molecule has 1 amide bonds. The van der Waals surface area contributed by atoms with Crippen molar-refractivity contribution in [2.75, 3.05) is 11.9 Å². The summed E-state index contributed by atoms with van der Waals surface area (Å²) < 4.78 is 5.34. The molecule has 8 nitrogen and oxygen atoms in total. The third-order valence-corrected chi connectivity index (χ3v) is 5.38. The molecular weight excluding hydrogens is 446 g/mol. The zero-order chi connectivity index (χ0) is 25.4. The van der Waals surface area contributed by atoms with Crippen LogP contribution in [0.5, 0.6) is 0 Å². The number of benzene rings is 3. The fraction of sp³-hybridized carbons (Fsp3) is 0.259. The summed E-state index contributed by atoms with van der Waals surface area (Å²) in [6.45, 7) is 6.00. The average molecular weight is 476 g/mol. The molecule has 0 aliphatic rings. The Morgan fingerprint density at radius 3 is 2.11 bits per heavy atom. The van der Waals surface area contributed by atoms with E-state index >= 15 is 0 Å². The van der Waals surface area contributed by atoms with E-state index < -0.39 is 23.0 Å². The number of rotatable bonds is 9. The molecule has 3 rings (SSSR count). The van der Waals surface area contributed by atoms with Crippen molar-refractivity contribution in [2.45, 2.75) is 39.4 Å². The zero-order valence-electron chi connectivity index (χ0n) is 20.1. The Morgan fingerprint density at radius 1 is 0.943 bits per heavy atom. The molecule has 3 aromatic carbocycles. The van der Waals surface area contributed by atoms with Gasteiger partial charge in [-0.1, -0.05) is 60.7 Å². The van der Waals surface area contributed by atoms with Crippen LogP contribution in [0.4, 0.5) is 11.4 Å². The van der Waals surface area contributed by atoms with E-state index in [4.69, 9.17) is 4.74 Å². The number of carbonyl (C=O) groups is 2. The molecule has 0 aromatic heterocycles. The standard InChI is InChI=1S/C27H29N3O5/c1-27(2,3)29(18-21-12-8-5-9-13-21)25(31)19-35-26(32)23-16-22(30(33)34)14-15-24(23)28-17-20-10-6-4-7-11-20/h4-16,28H,17-19H2,1-3H3. The molecular formula is C27H29N3O5. The number of hydrogen-bond acceptors (Lipinski definition) is 6. The molecule has 8 heteroatoms. The van der Waals surface area contributed by atoms with E-state index in [0.717, 1.165) is 17.2 Å². The summed E-state index contributed by atoms with van der Waals surface area (Å²) in [5.74, 6) is -1.18. The fourth-order valence-electron chi connectivity index (χ4n) is 3.51. The summed E-state index contributed by atoms with van der Waals surface area (Å²) in [5.41, 5.74) is 1.55. The summed E-state index contributed by atoms with van der Waals surface area (Å²) in [6.07, 6.45) is 0. The van der Waals surface area contributed by atoms with E-state index in [0.29, 0.717) is 18.8 Å². The molecule has 0 bridgehead atoms. The van der Waals surface area contributed by atoms with Crippen LogP contribution < -0.4 is 5.32 Å². The Kier molecular flexibility index (Phi) is 8.20. The maximum atomic E-state index is 13.0. The van der Waals surface area contributed by atoms with Gasteiger partial charge >= 0.3 is 5.97 Å². The van der Waals surface area contributed by atoms with Gasteiger partial charge in [0.1, 0.15) is 0 Å². The minimum Gasteiger partial charge on any atom is -0.452 e. The fourth-order valence-corrected chi connectivity index (χ4v) is 3.51. The van der Waals surface area contributed by atoms with Gasteiger partial charge < -0.3 is 15.0 Å². The Hall–Kier alpha value is -4.20. The lowest BCUT2D eigenvalue weighted by Gasteiger charge is -2.35. The number of nitro groups is 1. The van der Waals surface area contributed by atoms with E-state index in [1.807, 2.05) is 81.4 Å². The summed E-state index contributed by atoms with van der Waals surface area (Å²) in [6, 6.07) is 23.0. The van der Waals surface area contributed by atoms with Gasteiger partial charge in [0.15, 0.2) is 6.61 Å². The normalized spacial score (nSPS) is 10.9. The number of anilines is 1. The van der Waals surface area contributed by atoms with Gasteiger partial charge in [-0.3, -0.25) is 14.9 Å². The van der Waals surface area contributed by atoms with Crippen molar-refractivity contribution in [2.24, 2.45) is 0 Å². The molecule has 0 aliphatic carbocycles. The molecule has 0 unspecified atom stereocenters. The Balaban J connectivity index is 1.75. The number of nitro benzene ring substituents is 1. The van der Waals surface area contributed by atoms with Crippen molar-refractivity contribution in [1.29, 1.82) is 0 Å². The molecule has 3 aromatic rings. The molecule has 0 radical (unpaired) electrons. The van der Waals surface area contributed by atoms with Gasteiger partial charge in [-0.25, -0.2) is 4.79 Å². The minimum atomic E-state index is -0.814. The third-order valence-electron chi connectivity index (χ3n) is 5.38. The second-order valence-electron chi connectivity index (χ2n) is 9.04. The van der Waals surface area contributed by atoms with Crippen molar-refractivity contribution in [3.63, 3.8) is 0 Å². The highest BCUT2D eigenvalue weighted by Gasteiger charge is 2.28. The van der Waals surface area contributed by atoms with Gasteiger partial charge in [-0.2, -0.15) is 0 Å². The number of amides is 1. The Labute approximate surface area is 204 Å². The molecule has 1 N–H and O–H groups in total. The zero-order valence-corrected chi connectivity index (χ0v) is 20.1. The average Bonchev–Trinajstić information content (AvgIpc) is 2.84. The van der Waals surface area contributed by atoms with Crippen LogP contribution in [0.1, 0.15) is 42.3 Å². The van der Waals surface area contributed by atoms with Crippen LogP contribution in [0, 0.1) is 10.1 Å². The Bertz CT molecular complexity index is 1170. The van der Waals surface area contributed by atoms with Crippen LogP contribution in [0.25, 0.3) is 0 Å². The van der Waals surface area contributed by atoms with Gasteiger partial charge in [-0.05, 0) is 38.0 Å². The smallest absolute Gasteiger partial charge is 0.341 e. The lowest BCUT2D eigenvalue weighted by atomic mass is 10.0. The maximum Gasteiger partial charge on any atom is 0.341 e. The Morgan fingerprint density at radius 2 is 1.54 bits per heavy atom. The van der Waals surface area contributed by atoms with Crippen molar-refractivity contribution >= 4 is 23.3 Å². The topological polar surface area (TPSA) is 102 Å². The number of carbonyl (C=O) groups excluding carboxylic acids is 2. The molecule has 35 heavy (non-hydrogen) atoms. The molecule has 0 saturated heterocycles. The highest BCUT2D eigenvalue weighted by molar-refractivity contribution is 5.97. The van der Waals surface area contributed by atoms with Crippen LogP contribution in [0.2, 0.25) is 0 Å². The summed E-state index contributed by atoms with van der Waals surface area (Å²) in [7, 11) is 0. The first-order chi connectivity index (χ1) is 16.6. The van der Waals surface area contributed by atoms with E-state index in [2.05, 4.69) is 5.32 Å². The highest BCUT2D eigenvalue weighted by atomic mass is 16.6. The highest BCUT2D eigenvalue weighted by Crippen LogP contribution is 2.24.